The Kier molecular flexibility index (Phi) is 2.75. The van der Waals surface area contributed by atoms with Crippen molar-refractivity contribution < 1.29 is 4.79 Å². The lowest BCUT2D eigenvalue weighted by Crippen LogP contribution is -1.94. The molecule has 1 aromatic carbocycles. The van der Waals surface area contributed by atoms with E-state index in [1.165, 1.54) is 0 Å². The molecular formula is C13H8N2O. The monoisotopic (exact) mass is 208 g/mol. The van der Waals surface area contributed by atoms with Crippen LogP contribution in [0.25, 0.3) is 11.4 Å². The van der Waals surface area contributed by atoms with E-state index in [2.05, 4.69) is 15.9 Å². The number of carbonyl (C=O) groups is 1. The fourth-order valence-electron chi connectivity index (χ4n) is 1.30. The van der Waals surface area contributed by atoms with Gasteiger partial charge in [0.25, 0.3) is 0 Å². The number of benzene rings is 1. The van der Waals surface area contributed by atoms with Gasteiger partial charge in [0.15, 0.2) is 5.82 Å². The molecule has 16 heavy (non-hydrogen) atoms. The molecule has 0 amide bonds. The second kappa shape index (κ2) is 4.37. The van der Waals surface area contributed by atoms with Crippen LogP contribution in [-0.2, 0) is 0 Å². The van der Waals surface area contributed by atoms with E-state index < -0.39 is 0 Å². The molecule has 3 nitrogen and oxygen atoms in total. The normalized spacial score (nSPS) is 9.44. The Morgan fingerprint density at radius 3 is 2.31 bits per heavy atom. The second-order valence-electron chi connectivity index (χ2n) is 3.12. The van der Waals surface area contributed by atoms with Gasteiger partial charge >= 0.3 is 0 Å². The van der Waals surface area contributed by atoms with Crippen molar-refractivity contribution in [1.82, 2.24) is 9.97 Å². The van der Waals surface area contributed by atoms with E-state index in [4.69, 9.17) is 6.42 Å². The van der Waals surface area contributed by atoms with Crippen molar-refractivity contribution in [1.29, 1.82) is 0 Å². The van der Waals surface area contributed by atoms with Gasteiger partial charge < -0.3 is 0 Å². The number of nitrogens with zero attached hydrogens (tertiary/aromatic N) is 2. The summed E-state index contributed by atoms with van der Waals surface area (Å²) in [5, 5.41) is 0. The molecule has 0 atom stereocenters. The smallest absolute Gasteiger partial charge is 0.235 e. The lowest BCUT2D eigenvalue weighted by atomic mass is 10.1. The van der Waals surface area contributed by atoms with Crippen molar-refractivity contribution in [2.24, 2.45) is 0 Å². The Morgan fingerprint density at radius 2 is 1.75 bits per heavy atom. The van der Waals surface area contributed by atoms with E-state index in [1.54, 1.807) is 42.7 Å². The highest BCUT2D eigenvalue weighted by atomic mass is 16.1. The van der Waals surface area contributed by atoms with E-state index in [9.17, 15) is 4.79 Å². The van der Waals surface area contributed by atoms with Crippen LogP contribution in [0.4, 0.5) is 0 Å². The third-order valence-electron chi connectivity index (χ3n) is 2.10. The minimum absolute atomic E-state index is 0.319. The maximum absolute atomic E-state index is 11.2. The zero-order chi connectivity index (χ0) is 11.4. The van der Waals surface area contributed by atoms with Crippen LogP contribution in [0, 0.1) is 12.3 Å². The predicted molar refractivity (Wildman–Crippen MR) is 60.6 cm³/mol. The first kappa shape index (κ1) is 10.1. The SMILES string of the molecule is C#CC(=O)c1ccc(-c2ncccn2)cc1. The van der Waals surface area contributed by atoms with Gasteiger partial charge in [-0.2, -0.15) is 0 Å². The molecule has 76 valence electrons. The van der Waals surface area contributed by atoms with Crippen molar-refractivity contribution in [2.75, 3.05) is 0 Å². The Hall–Kier alpha value is -2.47. The zero-order valence-electron chi connectivity index (χ0n) is 8.42. The maximum atomic E-state index is 11.2. The molecule has 1 aromatic heterocycles. The van der Waals surface area contributed by atoms with Gasteiger partial charge in [-0.3, -0.25) is 4.79 Å². The molecule has 3 heteroatoms. The summed E-state index contributed by atoms with van der Waals surface area (Å²) in [6, 6.07) is 8.65. The highest BCUT2D eigenvalue weighted by molar-refractivity contribution is 6.08. The fourth-order valence-corrected chi connectivity index (χ4v) is 1.30. The van der Waals surface area contributed by atoms with Crippen LogP contribution >= 0.6 is 0 Å². The Morgan fingerprint density at radius 1 is 1.12 bits per heavy atom. The van der Waals surface area contributed by atoms with Crippen molar-refractivity contribution in [2.45, 2.75) is 0 Å². The summed E-state index contributed by atoms with van der Waals surface area (Å²) in [4.78, 5) is 19.4. The van der Waals surface area contributed by atoms with Crippen LogP contribution in [-0.4, -0.2) is 15.8 Å². The zero-order valence-corrected chi connectivity index (χ0v) is 8.42. The molecule has 0 aliphatic carbocycles. The molecule has 0 bridgehead atoms. The van der Waals surface area contributed by atoms with Crippen LogP contribution in [0.1, 0.15) is 10.4 Å². The van der Waals surface area contributed by atoms with E-state index in [0.29, 0.717) is 11.4 Å². The van der Waals surface area contributed by atoms with Crippen molar-refractivity contribution in [3.8, 4) is 23.7 Å². The van der Waals surface area contributed by atoms with Gasteiger partial charge in [-0.15, -0.1) is 6.42 Å². The van der Waals surface area contributed by atoms with E-state index in [0.717, 1.165) is 5.56 Å². The van der Waals surface area contributed by atoms with Gasteiger partial charge in [-0.05, 0) is 24.1 Å². The van der Waals surface area contributed by atoms with Crippen molar-refractivity contribution >= 4 is 5.78 Å². The van der Waals surface area contributed by atoms with Gasteiger partial charge in [0.2, 0.25) is 5.78 Å². The average molecular weight is 208 g/mol. The number of aromatic nitrogens is 2. The highest BCUT2D eigenvalue weighted by Gasteiger charge is 2.03. The first-order chi connectivity index (χ1) is 7.81. The molecule has 0 unspecified atom stereocenters. The van der Waals surface area contributed by atoms with Gasteiger partial charge in [0.05, 0.1) is 0 Å². The van der Waals surface area contributed by atoms with Crippen LogP contribution in [0.2, 0.25) is 0 Å². The van der Waals surface area contributed by atoms with Crippen LogP contribution in [0.5, 0.6) is 0 Å². The van der Waals surface area contributed by atoms with Gasteiger partial charge in [-0.25, -0.2) is 9.97 Å². The summed E-state index contributed by atoms with van der Waals surface area (Å²) in [5.41, 5.74) is 1.36. The van der Waals surface area contributed by atoms with Crippen LogP contribution in [0.3, 0.4) is 0 Å². The number of Topliss-reactive ketones (excluding diaryl/α,β-unsaturated/α-hetero) is 1. The van der Waals surface area contributed by atoms with Gasteiger partial charge in [0, 0.05) is 23.5 Å². The largest absolute Gasteiger partial charge is 0.279 e. The molecule has 0 saturated carbocycles. The quantitative estimate of drug-likeness (QED) is 0.430. The predicted octanol–water partition coefficient (Wildman–Crippen LogP) is 1.96. The maximum Gasteiger partial charge on any atom is 0.235 e. The molecule has 0 saturated heterocycles. The molecule has 0 spiro atoms. The molecule has 0 aliphatic heterocycles. The highest BCUT2D eigenvalue weighted by Crippen LogP contribution is 2.14. The van der Waals surface area contributed by atoms with Crippen LogP contribution < -0.4 is 0 Å². The summed E-state index contributed by atoms with van der Waals surface area (Å²) >= 11 is 0. The first-order valence-corrected chi connectivity index (χ1v) is 4.69. The molecule has 0 fully saturated rings. The Balaban J connectivity index is 2.34. The lowest BCUT2D eigenvalue weighted by Gasteiger charge is -1.99. The topological polar surface area (TPSA) is 42.9 Å². The third kappa shape index (κ3) is 1.96. The first-order valence-electron chi connectivity index (χ1n) is 4.69. The van der Waals surface area contributed by atoms with E-state index in [1.807, 2.05) is 0 Å². The molecule has 0 radical (unpaired) electrons. The van der Waals surface area contributed by atoms with Gasteiger partial charge in [0.1, 0.15) is 0 Å². The summed E-state index contributed by atoms with van der Waals surface area (Å²) in [5.74, 6) is 2.38. The molecule has 2 rings (SSSR count). The summed E-state index contributed by atoms with van der Waals surface area (Å²) in [6.07, 6.45) is 8.37. The lowest BCUT2D eigenvalue weighted by molar-refractivity contribution is 0.105. The minimum atomic E-state index is -0.319. The number of rotatable bonds is 2. The average Bonchev–Trinajstić information content (AvgIpc) is 2.39. The number of terminal acetylenes is 1. The Labute approximate surface area is 93.2 Å². The molecule has 0 N–H and O–H groups in total. The van der Waals surface area contributed by atoms with E-state index in [-0.39, 0.29) is 5.78 Å². The number of carbonyl (C=O) groups excluding carboxylic acids is 1. The number of ketones is 1. The fraction of sp³-hybridized carbons (Fsp3) is 0. The standard InChI is InChI=1S/C13H8N2O/c1-2-12(16)10-4-6-11(7-5-10)13-14-8-3-9-15-13/h1,3-9H. The minimum Gasteiger partial charge on any atom is -0.279 e. The second-order valence-corrected chi connectivity index (χ2v) is 3.12. The third-order valence-corrected chi connectivity index (χ3v) is 2.10. The molecule has 0 aliphatic rings. The summed E-state index contributed by atoms with van der Waals surface area (Å²) in [6.45, 7) is 0. The van der Waals surface area contributed by atoms with Gasteiger partial charge in [-0.1, -0.05) is 12.1 Å². The van der Waals surface area contributed by atoms with Crippen molar-refractivity contribution in [3.05, 3.63) is 48.3 Å². The van der Waals surface area contributed by atoms with E-state index >= 15 is 0 Å². The number of hydrogen-bond acceptors (Lipinski definition) is 3. The molecule has 2 aromatic rings. The number of hydrogen-bond donors (Lipinski definition) is 0. The molecular weight excluding hydrogens is 200 g/mol. The summed E-state index contributed by atoms with van der Waals surface area (Å²) < 4.78 is 0. The van der Waals surface area contributed by atoms with Crippen LogP contribution in [0.15, 0.2) is 42.7 Å². The Bertz CT molecular complexity index is 538. The molecule has 1 heterocycles. The summed E-state index contributed by atoms with van der Waals surface area (Å²) in [7, 11) is 0. The van der Waals surface area contributed by atoms with Crippen molar-refractivity contribution in [3.63, 3.8) is 0 Å².